The molecule has 0 unspecified atom stereocenters. The molecular formula is C30H31N3O3. The zero-order valence-corrected chi connectivity index (χ0v) is 20.5. The number of aliphatic carboxylic acids is 1. The van der Waals surface area contributed by atoms with Gasteiger partial charge in [-0.3, -0.25) is 14.7 Å². The van der Waals surface area contributed by atoms with E-state index < -0.39 is 11.4 Å². The summed E-state index contributed by atoms with van der Waals surface area (Å²) < 4.78 is 6.07. The Balaban J connectivity index is 1.18. The standard InChI is InChI=1S/C30H31N3O3/c1-22-20-28(26-12-5-6-13-27(26)31-22)32-24-10-7-11-25(21-24)36-19-18-33-16-14-30(15-17-33,29(34)35)23-8-3-2-4-9-23/h2-13,20-21H,14-19H2,1H3,(H,31,32)(H,34,35). The normalized spacial score (nSPS) is 15.5. The van der Waals surface area contributed by atoms with E-state index in [1.807, 2.05) is 79.7 Å². The number of carbonyl (C=O) groups is 1. The fourth-order valence-electron chi connectivity index (χ4n) is 5.06. The lowest BCUT2D eigenvalue weighted by molar-refractivity contribution is -0.146. The average Bonchev–Trinajstić information content (AvgIpc) is 2.90. The summed E-state index contributed by atoms with van der Waals surface area (Å²) in [6, 6.07) is 27.8. The van der Waals surface area contributed by atoms with Crippen molar-refractivity contribution in [3.63, 3.8) is 0 Å². The maximum absolute atomic E-state index is 12.2. The Bertz CT molecular complexity index is 1350. The Kier molecular flexibility index (Phi) is 6.87. The van der Waals surface area contributed by atoms with Crippen LogP contribution in [0.5, 0.6) is 5.75 Å². The Morgan fingerprint density at radius 3 is 2.53 bits per heavy atom. The summed E-state index contributed by atoms with van der Waals surface area (Å²) in [5, 5.41) is 14.6. The molecule has 1 aliphatic heterocycles. The molecule has 0 spiro atoms. The van der Waals surface area contributed by atoms with E-state index in [-0.39, 0.29) is 0 Å². The van der Waals surface area contributed by atoms with Gasteiger partial charge in [-0.15, -0.1) is 0 Å². The summed E-state index contributed by atoms with van der Waals surface area (Å²) in [7, 11) is 0. The second-order valence-corrected chi connectivity index (χ2v) is 9.42. The molecule has 5 rings (SSSR count). The fourth-order valence-corrected chi connectivity index (χ4v) is 5.06. The van der Waals surface area contributed by atoms with E-state index >= 15 is 0 Å². The maximum Gasteiger partial charge on any atom is 0.314 e. The summed E-state index contributed by atoms with van der Waals surface area (Å²) >= 11 is 0. The second kappa shape index (κ2) is 10.4. The van der Waals surface area contributed by atoms with Crippen LogP contribution in [0.1, 0.15) is 24.1 Å². The van der Waals surface area contributed by atoms with Crippen LogP contribution in [0.25, 0.3) is 10.9 Å². The number of anilines is 2. The highest BCUT2D eigenvalue weighted by atomic mass is 16.5. The molecule has 3 aromatic carbocycles. The van der Waals surface area contributed by atoms with Crippen LogP contribution in [0, 0.1) is 6.92 Å². The predicted octanol–water partition coefficient (Wildman–Crippen LogP) is 5.78. The van der Waals surface area contributed by atoms with Gasteiger partial charge in [-0.2, -0.15) is 0 Å². The minimum atomic E-state index is -0.798. The van der Waals surface area contributed by atoms with E-state index in [2.05, 4.69) is 27.3 Å². The van der Waals surface area contributed by atoms with Crippen molar-refractivity contribution in [2.75, 3.05) is 31.6 Å². The first-order valence-electron chi connectivity index (χ1n) is 12.4. The summed E-state index contributed by atoms with van der Waals surface area (Å²) in [4.78, 5) is 19.1. The highest BCUT2D eigenvalue weighted by molar-refractivity contribution is 5.93. The van der Waals surface area contributed by atoms with Gasteiger partial charge in [0.25, 0.3) is 0 Å². The molecule has 1 aromatic heterocycles. The lowest BCUT2D eigenvalue weighted by Gasteiger charge is -2.39. The molecule has 6 nitrogen and oxygen atoms in total. The third kappa shape index (κ3) is 5.04. The number of para-hydroxylation sites is 1. The van der Waals surface area contributed by atoms with Crippen LogP contribution in [0.15, 0.2) is 84.9 Å². The minimum Gasteiger partial charge on any atom is -0.492 e. The van der Waals surface area contributed by atoms with Gasteiger partial charge in [0.1, 0.15) is 12.4 Å². The lowest BCUT2D eigenvalue weighted by Crippen LogP contribution is -2.48. The Morgan fingerprint density at radius 2 is 1.75 bits per heavy atom. The monoisotopic (exact) mass is 481 g/mol. The van der Waals surface area contributed by atoms with E-state index in [0.29, 0.717) is 19.4 Å². The molecule has 184 valence electrons. The number of benzene rings is 3. The zero-order valence-electron chi connectivity index (χ0n) is 20.5. The molecule has 1 fully saturated rings. The largest absolute Gasteiger partial charge is 0.492 e. The number of carboxylic acids is 1. The first kappa shape index (κ1) is 23.8. The number of hydrogen-bond acceptors (Lipinski definition) is 5. The first-order chi connectivity index (χ1) is 17.5. The van der Waals surface area contributed by atoms with Crippen molar-refractivity contribution in [2.24, 2.45) is 0 Å². The van der Waals surface area contributed by atoms with Gasteiger partial charge < -0.3 is 15.2 Å². The van der Waals surface area contributed by atoms with Crippen molar-refractivity contribution in [1.29, 1.82) is 0 Å². The molecule has 2 N–H and O–H groups in total. The zero-order chi connectivity index (χ0) is 25.0. The first-order valence-corrected chi connectivity index (χ1v) is 12.4. The number of hydrogen-bond donors (Lipinski definition) is 2. The average molecular weight is 482 g/mol. The van der Waals surface area contributed by atoms with Crippen LogP contribution in [0.3, 0.4) is 0 Å². The van der Waals surface area contributed by atoms with Gasteiger partial charge in [0.2, 0.25) is 0 Å². The molecule has 1 saturated heterocycles. The number of pyridine rings is 1. The van der Waals surface area contributed by atoms with Gasteiger partial charge in [0, 0.05) is 35.1 Å². The molecule has 0 amide bonds. The van der Waals surface area contributed by atoms with Gasteiger partial charge >= 0.3 is 5.97 Å². The number of ether oxygens (including phenoxy) is 1. The topological polar surface area (TPSA) is 74.7 Å². The predicted molar refractivity (Wildman–Crippen MR) is 143 cm³/mol. The summed E-state index contributed by atoms with van der Waals surface area (Å²) in [6.45, 7) is 4.78. The Hall–Kier alpha value is -3.90. The number of rotatable bonds is 8. The van der Waals surface area contributed by atoms with E-state index in [9.17, 15) is 9.90 Å². The van der Waals surface area contributed by atoms with Crippen molar-refractivity contribution in [3.8, 4) is 5.75 Å². The van der Waals surface area contributed by atoms with Crippen molar-refractivity contribution < 1.29 is 14.6 Å². The number of nitrogens with zero attached hydrogens (tertiary/aromatic N) is 2. The quantitative estimate of drug-likeness (QED) is 0.332. The molecular weight excluding hydrogens is 450 g/mol. The Labute approximate surface area is 211 Å². The molecule has 1 aliphatic rings. The van der Waals surface area contributed by atoms with Crippen LogP contribution in [0.4, 0.5) is 11.4 Å². The molecule has 2 heterocycles. The molecule has 0 radical (unpaired) electrons. The van der Waals surface area contributed by atoms with Gasteiger partial charge in [0.05, 0.1) is 10.9 Å². The highest BCUT2D eigenvalue weighted by Crippen LogP contribution is 2.36. The van der Waals surface area contributed by atoms with Gasteiger partial charge in [-0.1, -0.05) is 54.6 Å². The van der Waals surface area contributed by atoms with Crippen molar-refractivity contribution in [1.82, 2.24) is 9.88 Å². The molecule has 4 aromatic rings. The number of aryl methyl sites for hydroxylation is 1. The van der Waals surface area contributed by atoms with E-state index in [0.717, 1.165) is 58.9 Å². The van der Waals surface area contributed by atoms with E-state index in [4.69, 9.17) is 4.74 Å². The van der Waals surface area contributed by atoms with Crippen LogP contribution in [-0.2, 0) is 10.2 Å². The van der Waals surface area contributed by atoms with E-state index in [1.54, 1.807) is 0 Å². The van der Waals surface area contributed by atoms with Crippen molar-refractivity contribution in [2.45, 2.75) is 25.2 Å². The number of carboxylic acid groups (broad SMARTS) is 1. The fraction of sp³-hybridized carbons (Fsp3) is 0.267. The van der Waals surface area contributed by atoms with Crippen molar-refractivity contribution in [3.05, 3.63) is 96.2 Å². The van der Waals surface area contributed by atoms with Gasteiger partial charge in [-0.05, 0) is 62.7 Å². The second-order valence-electron chi connectivity index (χ2n) is 9.42. The number of nitrogens with one attached hydrogen (secondary N) is 1. The summed E-state index contributed by atoms with van der Waals surface area (Å²) in [5.74, 6) is 0.0716. The summed E-state index contributed by atoms with van der Waals surface area (Å²) in [5.41, 5.74) is 4.00. The minimum absolute atomic E-state index is 0.548. The SMILES string of the molecule is Cc1cc(Nc2cccc(OCCN3CCC(C(=O)O)(c4ccccc4)CC3)c2)c2ccccc2n1. The third-order valence-corrected chi connectivity index (χ3v) is 7.08. The number of fused-ring (bicyclic) bond motifs is 1. The van der Waals surface area contributed by atoms with Gasteiger partial charge in [0.15, 0.2) is 0 Å². The van der Waals surface area contributed by atoms with Crippen LogP contribution in [-0.4, -0.2) is 47.2 Å². The van der Waals surface area contributed by atoms with Crippen LogP contribution in [0.2, 0.25) is 0 Å². The van der Waals surface area contributed by atoms with Crippen LogP contribution >= 0.6 is 0 Å². The lowest BCUT2D eigenvalue weighted by atomic mass is 9.73. The molecule has 0 bridgehead atoms. The molecule has 36 heavy (non-hydrogen) atoms. The number of piperidine rings is 1. The highest BCUT2D eigenvalue weighted by Gasteiger charge is 2.42. The van der Waals surface area contributed by atoms with Gasteiger partial charge in [-0.25, -0.2) is 0 Å². The molecule has 0 aliphatic carbocycles. The molecule has 0 atom stereocenters. The Morgan fingerprint density at radius 1 is 1.00 bits per heavy atom. The molecule has 0 saturated carbocycles. The van der Waals surface area contributed by atoms with E-state index in [1.165, 1.54) is 0 Å². The third-order valence-electron chi connectivity index (χ3n) is 7.08. The smallest absolute Gasteiger partial charge is 0.314 e. The maximum atomic E-state index is 12.2. The molecule has 6 heteroatoms. The van der Waals surface area contributed by atoms with Crippen molar-refractivity contribution >= 4 is 28.2 Å². The summed E-state index contributed by atoms with van der Waals surface area (Å²) in [6.07, 6.45) is 1.20. The van der Waals surface area contributed by atoms with Crippen LogP contribution < -0.4 is 10.1 Å². The number of likely N-dealkylation sites (tertiary alicyclic amines) is 1. The number of aromatic nitrogens is 1.